The summed E-state index contributed by atoms with van der Waals surface area (Å²) in [5.41, 5.74) is 1.37. The van der Waals surface area contributed by atoms with Crippen molar-refractivity contribution in [3.8, 4) is 0 Å². The van der Waals surface area contributed by atoms with Gasteiger partial charge in [-0.3, -0.25) is 14.7 Å². The molecular formula is C17H14BrClN2OS. The number of rotatable bonds is 2. The zero-order valence-electron chi connectivity index (χ0n) is 12.4. The van der Waals surface area contributed by atoms with Gasteiger partial charge in [0.05, 0.1) is 11.7 Å². The summed E-state index contributed by atoms with van der Waals surface area (Å²) in [4.78, 5) is 19.3. The first-order chi connectivity index (χ1) is 11.0. The summed E-state index contributed by atoms with van der Waals surface area (Å²) in [6, 6.07) is 14.8. The Bertz CT molecular complexity index is 763. The molecule has 23 heavy (non-hydrogen) atoms. The van der Waals surface area contributed by atoms with E-state index in [9.17, 15) is 4.79 Å². The summed E-state index contributed by atoms with van der Waals surface area (Å²) in [5, 5.41) is 1.36. The lowest BCUT2D eigenvalue weighted by molar-refractivity contribution is 0.100. The second kappa shape index (κ2) is 7.07. The maximum Gasteiger partial charge on any atom is 0.264 e. The van der Waals surface area contributed by atoms with Gasteiger partial charge in [-0.1, -0.05) is 45.4 Å². The molecule has 0 spiro atoms. The van der Waals surface area contributed by atoms with E-state index in [2.05, 4.69) is 20.9 Å². The minimum Gasteiger partial charge on any atom is -0.268 e. The van der Waals surface area contributed by atoms with Crippen molar-refractivity contribution in [1.82, 2.24) is 0 Å². The van der Waals surface area contributed by atoms with Crippen LogP contribution in [0.2, 0.25) is 5.02 Å². The van der Waals surface area contributed by atoms with Gasteiger partial charge in [-0.2, -0.15) is 0 Å². The Labute approximate surface area is 152 Å². The Morgan fingerprint density at radius 3 is 2.65 bits per heavy atom. The largest absolute Gasteiger partial charge is 0.268 e. The van der Waals surface area contributed by atoms with E-state index in [-0.39, 0.29) is 11.9 Å². The van der Waals surface area contributed by atoms with Crippen LogP contribution in [0.25, 0.3) is 0 Å². The van der Waals surface area contributed by atoms with Crippen LogP contribution in [0.3, 0.4) is 0 Å². The van der Waals surface area contributed by atoms with Crippen LogP contribution < -0.4 is 4.90 Å². The van der Waals surface area contributed by atoms with Crippen molar-refractivity contribution in [3.05, 3.63) is 63.6 Å². The van der Waals surface area contributed by atoms with Gasteiger partial charge in [0.25, 0.3) is 5.91 Å². The first kappa shape index (κ1) is 16.6. The Morgan fingerprint density at radius 2 is 2.04 bits per heavy atom. The van der Waals surface area contributed by atoms with Gasteiger partial charge in [-0.25, -0.2) is 0 Å². The van der Waals surface area contributed by atoms with E-state index in [0.717, 1.165) is 21.1 Å². The Kier molecular flexibility index (Phi) is 5.09. The minimum absolute atomic E-state index is 0.103. The molecule has 6 heteroatoms. The zero-order chi connectivity index (χ0) is 16.4. The van der Waals surface area contributed by atoms with Crippen LogP contribution >= 0.6 is 39.3 Å². The van der Waals surface area contributed by atoms with E-state index in [1.165, 1.54) is 0 Å². The quantitative estimate of drug-likeness (QED) is 0.679. The van der Waals surface area contributed by atoms with Crippen LogP contribution in [0.4, 0.5) is 5.69 Å². The fraction of sp³-hybridized carbons (Fsp3) is 0.176. The monoisotopic (exact) mass is 408 g/mol. The molecule has 3 rings (SSSR count). The Hall–Kier alpha value is -1.30. The third-order valence-corrected chi connectivity index (χ3v) is 5.28. The van der Waals surface area contributed by atoms with E-state index < -0.39 is 0 Å². The molecule has 0 aromatic heterocycles. The summed E-state index contributed by atoms with van der Waals surface area (Å²) in [6.45, 7) is 2.05. The lowest BCUT2D eigenvalue weighted by Crippen LogP contribution is -2.34. The minimum atomic E-state index is -0.103. The summed E-state index contributed by atoms with van der Waals surface area (Å²) < 4.78 is 0.869. The number of halogens is 2. The molecular weight excluding hydrogens is 396 g/mol. The summed E-state index contributed by atoms with van der Waals surface area (Å²) in [6.07, 6.45) is 0. The first-order valence-electron chi connectivity index (χ1n) is 7.11. The summed E-state index contributed by atoms with van der Waals surface area (Å²) in [5.74, 6) is 0.777. The molecule has 3 nitrogen and oxygen atoms in total. The number of thioether (sulfide) groups is 1. The van der Waals surface area contributed by atoms with Gasteiger partial charge in [0, 0.05) is 20.8 Å². The molecule has 0 aliphatic carbocycles. The predicted octanol–water partition coefficient (Wildman–Crippen LogP) is 5.24. The SMILES string of the molecule is C[C@H]1CSC(N(C(=O)c2cccc(Br)c2)c2ccc(Cl)cc2)=N1. The molecule has 0 saturated heterocycles. The molecule has 1 aliphatic rings. The summed E-state index contributed by atoms with van der Waals surface area (Å²) in [7, 11) is 0. The number of amidine groups is 1. The van der Waals surface area contributed by atoms with E-state index in [4.69, 9.17) is 11.6 Å². The average Bonchev–Trinajstić information content (AvgIpc) is 2.95. The highest BCUT2D eigenvalue weighted by Gasteiger charge is 2.27. The molecule has 0 fully saturated rings. The predicted molar refractivity (Wildman–Crippen MR) is 102 cm³/mol. The number of amides is 1. The van der Waals surface area contributed by atoms with Crippen molar-refractivity contribution >= 4 is 56.1 Å². The molecule has 118 valence electrons. The lowest BCUT2D eigenvalue weighted by Gasteiger charge is -2.22. The lowest BCUT2D eigenvalue weighted by atomic mass is 10.2. The van der Waals surface area contributed by atoms with Crippen molar-refractivity contribution in [2.24, 2.45) is 4.99 Å². The fourth-order valence-corrected chi connectivity index (χ4v) is 3.80. The average molecular weight is 410 g/mol. The van der Waals surface area contributed by atoms with Crippen LogP contribution in [0, 0.1) is 0 Å². The van der Waals surface area contributed by atoms with Gasteiger partial charge >= 0.3 is 0 Å². The first-order valence-corrected chi connectivity index (χ1v) is 9.26. The van der Waals surface area contributed by atoms with Crippen molar-refractivity contribution < 1.29 is 4.79 Å². The van der Waals surface area contributed by atoms with Crippen molar-refractivity contribution in [1.29, 1.82) is 0 Å². The molecule has 2 aromatic carbocycles. The topological polar surface area (TPSA) is 32.7 Å². The number of aliphatic imine (C=N–C) groups is 1. The van der Waals surface area contributed by atoms with Crippen LogP contribution in [-0.4, -0.2) is 22.9 Å². The van der Waals surface area contributed by atoms with Crippen molar-refractivity contribution in [2.45, 2.75) is 13.0 Å². The molecule has 0 unspecified atom stereocenters. The molecule has 0 saturated carbocycles. The fourth-order valence-electron chi connectivity index (χ4n) is 2.24. The Morgan fingerprint density at radius 1 is 1.30 bits per heavy atom. The second-order valence-corrected chi connectivity index (χ2v) is 7.54. The normalized spacial score (nSPS) is 17.0. The highest BCUT2D eigenvalue weighted by molar-refractivity contribution is 9.10. The number of nitrogens with zero attached hydrogens (tertiary/aromatic N) is 2. The van der Waals surface area contributed by atoms with E-state index in [0.29, 0.717) is 10.6 Å². The van der Waals surface area contributed by atoms with Gasteiger partial charge in [0.15, 0.2) is 5.17 Å². The van der Waals surface area contributed by atoms with Gasteiger partial charge in [-0.15, -0.1) is 0 Å². The Balaban J connectivity index is 2.03. The van der Waals surface area contributed by atoms with E-state index in [1.807, 2.05) is 37.3 Å². The number of anilines is 1. The molecule has 1 heterocycles. The number of carbonyl (C=O) groups excluding carboxylic acids is 1. The second-order valence-electron chi connectivity index (χ2n) is 5.20. The maximum atomic E-state index is 13.1. The maximum absolute atomic E-state index is 13.1. The standard InChI is InChI=1S/C17H14BrClN2OS/c1-11-10-23-17(20-11)21(15-7-5-14(19)6-8-15)16(22)12-3-2-4-13(18)9-12/h2-9,11H,10H2,1H3/t11-/m0/s1. The molecule has 0 bridgehead atoms. The van der Waals surface area contributed by atoms with Crippen molar-refractivity contribution in [2.75, 3.05) is 10.7 Å². The third kappa shape index (κ3) is 3.79. The van der Waals surface area contributed by atoms with Gasteiger partial charge < -0.3 is 0 Å². The highest BCUT2D eigenvalue weighted by Crippen LogP contribution is 2.28. The zero-order valence-corrected chi connectivity index (χ0v) is 15.5. The van der Waals surface area contributed by atoms with Crippen LogP contribution in [0.5, 0.6) is 0 Å². The summed E-state index contributed by atoms with van der Waals surface area (Å²) >= 11 is 11.0. The molecule has 2 aromatic rings. The molecule has 0 N–H and O–H groups in total. The van der Waals surface area contributed by atoms with E-state index >= 15 is 0 Å². The van der Waals surface area contributed by atoms with Gasteiger partial charge in [0.2, 0.25) is 0 Å². The van der Waals surface area contributed by atoms with Gasteiger partial charge in [0.1, 0.15) is 0 Å². The molecule has 1 atom stereocenters. The number of carbonyl (C=O) groups is 1. The molecule has 1 amide bonds. The smallest absolute Gasteiger partial charge is 0.264 e. The van der Waals surface area contributed by atoms with Crippen LogP contribution in [0.15, 0.2) is 58.0 Å². The van der Waals surface area contributed by atoms with Crippen molar-refractivity contribution in [3.63, 3.8) is 0 Å². The van der Waals surface area contributed by atoms with Crippen LogP contribution in [-0.2, 0) is 0 Å². The van der Waals surface area contributed by atoms with Gasteiger partial charge in [-0.05, 0) is 49.4 Å². The third-order valence-electron chi connectivity index (χ3n) is 3.34. The van der Waals surface area contributed by atoms with Crippen LogP contribution in [0.1, 0.15) is 17.3 Å². The number of hydrogen-bond donors (Lipinski definition) is 0. The number of hydrogen-bond acceptors (Lipinski definition) is 3. The van der Waals surface area contributed by atoms with E-state index in [1.54, 1.807) is 34.9 Å². The molecule has 1 aliphatic heterocycles. The highest BCUT2D eigenvalue weighted by atomic mass is 79.9. The number of benzene rings is 2. The molecule has 0 radical (unpaired) electrons.